The summed E-state index contributed by atoms with van der Waals surface area (Å²) in [7, 11) is 1.59. The van der Waals surface area contributed by atoms with Crippen molar-refractivity contribution in [2.45, 2.75) is 39.4 Å². The topological polar surface area (TPSA) is 77.8 Å². The molecule has 6 heteroatoms. The quantitative estimate of drug-likeness (QED) is 0.646. The summed E-state index contributed by atoms with van der Waals surface area (Å²) in [5.74, 6) is -0.431. The fourth-order valence-corrected chi connectivity index (χ4v) is 3.55. The molecule has 1 atom stereocenters. The molecule has 0 aliphatic carbocycles. The Bertz CT molecular complexity index is 1120. The number of fused-ring (bicyclic) bond motifs is 1. The Labute approximate surface area is 175 Å². The SMILES string of the molecule is CCOc1ccc(-c2c(C(OC(C)(C)C)C(=O)O)n(C)c(=O)c3ccccc23)cc1. The molecule has 3 aromatic rings. The van der Waals surface area contributed by atoms with Crippen molar-refractivity contribution in [2.24, 2.45) is 7.05 Å². The van der Waals surface area contributed by atoms with Crippen LogP contribution in [0.1, 0.15) is 39.5 Å². The molecule has 158 valence electrons. The fourth-order valence-electron chi connectivity index (χ4n) is 3.55. The Morgan fingerprint density at radius 1 is 1.07 bits per heavy atom. The molecule has 2 aromatic carbocycles. The third kappa shape index (κ3) is 4.24. The zero-order valence-corrected chi connectivity index (χ0v) is 17.9. The second kappa shape index (κ2) is 8.32. The maximum absolute atomic E-state index is 13.1. The number of carbonyl (C=O) groups is 1. The van der Waals surface area contributed by atoms with E-state index in [4.69, 9.17) is 9.47 Å². The van der Waals surface area contributed by atoms with Crippen LogP contribution >= 0.6 is 0 Å². The summed E-state index contributed by atoms with van der Waals surface area (Å²) in [5.41, 5.74) is 0.765. The van der Waals surface area contributed by atoms with Crippen LogP contribution in [0.15, 0.2) is 53.3 Å². The summed E-state index contributed by atoms with van der Waals surface area (Å²) < 4.78 is 12.8. The maximum atomic E-state index is 13.1. The number of carboxylic acids is 1. The molecule has 0 amide bonds. The summed E-state index contributed by atoms with van der Waals surface area (Å²) >= 11 is 0. The van der Waals surface area contributed by atoms with Gasteiger partial charge in [-0.15, -0.1) is 0 Å². The number of aliphatic carboxylic acids is 1. The van der Waals surface area contributed by atoms with Gasteiger partial charge in [0.1, 0.15) is 5.75 Å². The van der Waals surface area contributed by atoms with Gasteiger partial charge in [-0.1, -0.05) is 30.3 Å². The number of hydrogen-bond acceptors (Lipinski definition) is 4. The highest BCUT2D eigenvalue weighted by Crippen LogP contribution is 2.37. The van der Waals surface area contributed by atoms with Crippen LogP contribution in [-0.4, -0.2) is 27.9 Å². The Morgan fingerprint density at radius 2 is 1.67 bits per heavy atom. The molecule has 1 heterocycles. The van der Waals surface area contributed by atoms with E-state index >= 15 is 0 Å². The zero-order valence-electron chi connectivity index (χ0n) is 17.9. The van der Waals surface area contributed by atoms with Crippen molar-refractivity contribution in [3.05, 3.63) is 64.6 Å². The normalized spacial score (nSPS) is 12.7. The van der Waals surface area contributed by atoms with E-state index in [1.807, 2.05) is 43.3 Å². The number of ether oxygens (including phenoxy) is 2. The predicted molar refractivity (Wildman–Crippen MR) is 117 cm³/mol. The van der Waals surface area contributed by atoms with Crippen molar-refractivity contribution < 1.29 is 19.4 Å². The third-order valence-corrected chi connectivity index (χ3v) is 4.75. The monoisotopic (exact) mass is 409 g/mol. The van der Waals surface area contributed by atoms with Gasteiger partial charge in [-0.05, 0) is 56.8 Å². The molecule has 3 rings (SSSR count). The molecule has 0 bridgehead atoms. The summed E-state index contributed by atoms with van der Waals surface area (Å²) in [6.45, 7) is 7.83. The smallest absolute Gasteiger partial charge is 0.339 e. The van der Waals surface area contributed by atoms with Crippen molar-refractivity contribution >= 4 is 16.7 Å². The molecule has 0 aliphatic rings. The van der Waals surface area contributed by atoms with Gasteiger partial charge >= 0.3 is 5.97 Å². The summed E-state index contributed by atoms with van der Waals surface area (Å²) in [5, 5.41) is 11.2. The van der Waals surface area contributed by atoms with Crippen LogP contribution in [0.5, 0.6) is 5.75 Å². The Morgan fingerprint density at radius 3 is 2.20 bits per heavy atom. The number of pyridine rings is 1. The van der Waals surface area contributed by atoms with E-state index in [2.05, 4.69) is 0 Å². The molecule has 1 aromatic heterocycles. The first-order valence-electron chi connectivity index (χ1n) is 9.89. The van der Waals surface area contributed by atoms with Gasteiger partial charge in [-0.25, -0.2) is 4.79 Å². The van der Waals surface area contributed by atoms with Gasteiger partial charge in [-0.2, -0.15) is 0 Å². The van der Waals surface area contributed by atoms with E-state index < -0.39 is 17.7 Å². The molecule has 0 saturated heterocycles. The summed E-state index contributed by atoms with van der Waals surface area (Å²) in [6, 6.07) is 14.6. The number of nitrogens with zero attached hydrogens (tertiary/aromatic N) is 1. The van der Waals surface area contributed by atoms with Gasteiger partial charge in [0, 0.05) is 18.0 Å². The van der Waals surface area contributed by atoms with Gasteiger partial charge < -0.3 is 19.1 Å². The van der Waals surface area contributed by atoms with Crippen LogP contribution in [0.4, 0.5) is 0 Å². The van der Waals surface area contributed by atoms with Crippen molar-refractivity contribution in [1.82, 2.24) is 4.57 Å². The average Bonchev–Trinajstić information content (AvgIpc) is 2.69. The second-order valence-corrected chi connectivity index (χ2v) is 8.08. The number of benzene rings is 2. The highest BCUT2D eigenvalue weighted by Gasteiger charge is 2.32. The molecule has 0 aliphatic heterocycles. The maximum Gasteiger partial charge on any atom is 0.339 e. The lowest BCUT2D eigenvalue weighted by Gasteiger charge is -2.28. The van der Waals surface area contributed by atoms with Crippen LogP contribution in [0.25, 0.3) is 21.9 Å². The Hall–Kier alpha value is -3.12. The molecule has 30 heavy (non-hydrogen) atoms. The molecule has 0 spiro atoms. The van der Waals surface area contributed by atoms with Gasteiger partial charge in [0.15, 0.2) is 6.10 Å². The van der Waals surface area contributed by atoms with E-state index in [0.717, 1.165) is 11.3 Å². The van der Waals surface area contributed by atoms with Gasteiger partial charge in [0.2, 0.25) is 0 Å². The molecule has 0 saturated carbocycles. The first kappa shape index (κ1) is 21.6. The highest BCUT2D eigenvalue weighted by molar-refractivity contribution is 5.98. The third-order valence-electron chi connectivity index (χ3n) is 4.75. The lowest BCUT2D eigenvalue weighted by atomic mass is 9.94. The molecular weight excluding hydrogens is 382 g/mol. The fraction of sp³-hybridized carbons (Fsp3) is 0.333. The minimum absolute atomic E-state index is 0.265. The van der Waals surface area contributed by atoms with Gasteiger partial charge in [0.25, 0.3) is 5.56 Å². The van der Waals surface area contributed by atoms with E-state index in [1.165, 1.54) is 4.57 Å². The first-order chi connectivity index (χ1) is 14.1. The van der Waals surface area contributed by atoms with Crippen LogP contribution in [0, 0.1) is 0 Å². The minimum atomic E-state index is -1.31. The van der Waals surface area contributed by atoms with Crippen LogP contribution in [0.3, 0.4) is 0 Å². The average molecular weight is 409 g/mol. The second-order valence-electron chi connectivity index (χ2n) is 8.08. The number of hydrogen-bond donors (Lipinski definition) is 1. The van der Waals surface area contributed by atoms with Gasteiger partial charge in [0.05, 0.1) is 17.9 Å². The van der Waals surface area contributed by atoms with Crippen LogP contribution in [0.2, 0.25) is 0 Å². The first-order valence-corrected chi connectivity index (χ1v) is 9.89. The number of aromatic nitrogens is 1. The van der Waals surface area contributed by atoms with Crippen LogP contribution in [-0.2, 0) is 16.6 Å². The standard InChI is InChI=1S/C24H27NO5/c1-6-29-16-13-11-15(12-14-16)19-17-9-7-8-10-18(17)22(26)25(5)20(19)21(23(27)28)30-24(2,3)4/h7-14,21H,6H2,1-5H3,(H,27,28). The predicted octanol–water partition coefficient (Wildman–Crippen LogP) is 4.55. The van der Waals surface area contributed by atoms with Crippen molar-refractivity contribution in [2.75, 3.05) is 6.61 Å². The van der Waals surface area contributed by atoms with Crippen molar-refractivity contribution in [3.8, 4) is 16.9 Å². The Balaban J connectivity index is 2.38. The van der Waals surface area contributed by atoms with E-state index in [0.29, 0.717) is 28.6 Å². The zero-order chi connectivity index (χ0) is 22.1. The lowest BCUT2D eigenvalue weighted by Crippen LogP contribution is -2.32. The van der Waals surface area contributed by atoms with E-state index in [1.54, 1.807) is 40.0 Å². The van der Waals surface area contributed by atoms with Gasteiger partial charge in [-0.3, -0.25) is 4.79 Å². The molecular formula is C24H27NO5. The summed E-state index contributed by atoms with van der Waals surface area (Å²) in [6.07, 6.45) is -1.31. The molecule has 0 fully saturated rings. The number of rotatable bonds is 6. The molecule has 0 radical (unpaired) electrons. The number of carboxylic acid groups (broad SMARTS) is 1. The molecule has 6 nitrogen and oxygen atoms in total. The van der Waals surface area contributed by atoms with Crippen molar-refractivity contribution in [3.63, 3.8) is 0 Å². The highest BCUT2D eigenvalue weighted by atomic mass is 16.5. The largest absolute Gasteiger partial charge is 0.494 e. The van der Waals surface area contributed by atoms with Crippen molar-refractivity contribution in [1.29, 1.82) is 0 Å². The summed E-state index contributed by atoms with van der Waals surface area (Å²) in [4.78, 5) is 25.3. The molecule has 1 N–H and O–H groups in total. The minimum Gasteiger partial charge on any atom is -0.494 e. The van der Waals surface area contributed by atoms with Crippen LogP contribution < -0.4 is 10.3 Å². The molecule has 1 unspecified atom stereocenters. The van der Waals surface area contributed by atoms with E-state index in [9.17, 15) is 14.7 Å². The lowest BCUT2D eigenvalue weighted by molar-refractivity contribution is -0.161. The van der Waals surface area contributed by atoms with E-state index in [-0.39, 0.29) is 5.56 Å². The Kier molecular flexibility index (Phi) is 5.99.